The molecule has 16 heavy (non-hydrogen) atoms. The van der Waals surface area contributed by atoms with Crippen LogP contribution in [0.3, 0.4) is 0 Å². The van der Waals surface area contributed by atoms with E-state index in [1.54, 1.807) is 19.2 Å². The van der Waals surface area contributed by atoms with Crippen LogP contribution in [0.25, 0.3) is 0 Å². The molecule has 4 nitrogen and oxygen atoms in total. The molecule has 1 saturated heterocycles. The number of ketones is 1. The van der Waals surface area contributed by atoms with Crippen LogP contribution >= 0.6 is 0 Å². The lowest BCUT2D eigenvalue weighted by Crippen LogP contribution is -2.29. The summed E-state index contributed by atoms with van der Waals surface area (Å²) in [6.45, 7) is 8.11. The van der Waals surface area contributed by atoms with Crippen LogP contribution < -0.4 is 0 Å². The third-order valence-electron chi connectivity index (χ3n) is 3.30. The van der Waals surface area contributed by atoms with Crippen molar-refractivity contribution < 1.29 is 4.79 Å². The zero-order valence-corrected chi connectivity index (χ0v) is 10.2. The Morgan fingerprint density at radius 3 is 2.88 bits per heavy atom. The van der Waals surface area contributed by atoms with Crippen molar-refractivity contribution in [2.24, 2.45) is 0 Å². The lowest BCUT2D eigenvalue weighted by atomic mass is 10.2. The van der Waals surface area contributed by atoms with E-state index in [4.69, 9.17) is 0 Å². The molecule has 1 unspecified atom stereocenters. The van der Waals surface area contributed by atoms with E-state index in [1.807, 2.05) is 4.68 Å². The number of aromatic nitrogens is 2. The highest BCUT2D eigenvalue weighted by atomic mass is 16.1. The van der Waals surface area contributed by atoms with Gasteiger partial charge in [-0.1, -0.05) is 0 Å². The lowest BCUT2D eigenvalue weighted by molar-refractivity contribution is 0.100. The van der Waals surface area contributed by atoms with Crippen molar-refractivity contribution in [1.82, 2.24) is 14.7 Å². The topological polar surface area (TPSA) is 38.1 Å². The molecule has 0 bridgehead atoms. The van der Waals surface area contributed by atoms with Crippen LogP contribution in [0.15, 0.2) is 12.3 Å². The number of rotatable bonds is 3. The zero-order chi connectivity index (χ0) is 11.7. The maximum Gasteiger partial charge on any atom is 0.177 e. The summed E-state index contributed by atoms with van der Waals surface area (Å²) in [6, 6.07) is 2.73. The Balaban J connectivity index is 2.14. The van der Waals surface area contributed by atoms with Gasteiger partial charge in [-0.3, -0.25) is 14.4 Å². The van der Waals surface area contributed by atoms with Gasteiger partial charge in [-0.25, -0.2) is 0 Å². The average Bonchev–Trinajstić information content (AvgIpc) is 2.86. The fourth-order valence-corrected chi connectivity index (χ4v) is 2.32. The Labute approximate surface area is 96.2 Å². The van der Waals surface area contributed by atoms with E-state index in [0.29, 0.717) is 12.1 Å². The molecule has 1 aliphatic rings. The summed E-state index contributed by atoms with van der Waals surface area (Å²) < 4.78 is 1.89. The summed E-state index contributed by atoms with van der Waals surface area (Å²) in [5.41, 5.74) is 0.732. The summed E-state index contributed by atoms with van der Waals surface area (Å²) in [7, 11) is 0. The quantitative estimate of drug-likeness (QED) is 0.730. The standard InChI is InChI=1S/C12H19N3O/c1-9(2)14-7-5-11(8-14)15-12(10(3)16)4-6-13-15/h4,6,9,11H,5,7-8H2,1-3H3. The zero-order valence-electron chi connectivity index (χ0n) is 10.2. The first-order valence-electron chi connectivity index (χ1n) is 5.88. The van der Waals surface area contributed by atoms with Crippen LogP contribution in [0.4, 0.5) is 0 Å². The number of hydrogen-bond donors (Lipinski definition) is 0. The van der Waals surface area contributed by atoms with Crippen LogP contribution in [0.1, 0.15) is 43.7 Å². The number of carbonyl (C=O) groups excluding carboxylic acids is 1. The highest BCUT2D eigenvalue weighted by Gasteiger charge is 2.27. The average molecular weight is 221 g/mol. The van der Waals surface area contributed by atoms with Gasteiger partial charge in [-0.2, -0.15) is 5.10 Å². The second kappa shape index (κ2) is 4.37. The first-order valence-corrected chi connectivity index (χ1v) is 5.88. The Morgan fingerprint density at radius 2 is 2.31 bits per heavy atom. The summed E-state index contributed by atoms with van der Waals surface area (Å²) in [6.07, 6.45) is 2.80. The van der Waals surface area contributed by atoms with Gasteiger partial charge >= 0.3 is 0 Å². The molecule has 1 aromatic rings. The summed E-state index contributed by atoms with van der Waals surface area (Å²) in [5, 5.41) is 4.28. The molecule has 0 aromatic carbocycles. The van der Waals surface area contributed by atoms with Gasteiger partial charge in [-0.15, -0.1) is 0 Å². The van der Waals surface area contributed by atoms with Crippen LogP contribution in [-0.4, -0.2) is 39.6 Å². The number of nitrogens with zero attached hydrogens (tertiary/aromatic N) is 3. The summed E-state index contributed by atoms with van der Waals surface area (Å²) in [4.78, 5) is 13.9. The maximum atomic E-state index is 11.4. The van der Waals surface area contributed by atoms with E-state index in [2.05, 4.69) is 23.8 Å². The monoisotopic (exact) mass is 221 g/mol. The maximum absolute atomic E-state index is 11.4. The lowest BCUT2D eigenvalue weighted by Gasteiger charge is -2.20. The van der Waals surface area contributed by atoms with Gasteiger partial charge in [0, 0.05) is 32.3 Å². The molecule has 1 aliphatic heterocycles. The van der Waals surface area contributed by atoms with E-state index in [-0.39, 0.29) is 5.78 Å². The fraction of sp³-hybridized carbons (Fsp3) is 0.667. The van der Waals surface area contributed by atoms with Crippen LogP contribution in [0, 0.1) is 0 Å². The Morgan fingerprint density at radius 1 is 1.56 bits per heavy atom. The largest absolute Gasteiger partial charge is 0.299 e. The highest BCUT2D eigenvalue weighted by Crippen LogP contribution is 2.23. The summed E-state index contributed by atoms with van der Waals surface area (Å²) >= 11 is 0. The molecule has 1 atom stereocenters. The summed E-state index contributed by atoms with van der Waals surface area (Å²) in [5.74, 6) is 0.0977. The molecule has 0 N–H and O–H groups in total. The second-order valence-corrected chi connectivity index (χ2v) is 4.75. The predicted octanol–water partition coefficient (Wildman–Crippen LogP) is 1.74. The van der Waals surface area contributed by atoms with Crippen LogP contribution in [0.5, 0.6) is 0 Å². The van der Waals surface area contributed by atoms with Crippen molar-refractivity contribution >= 4 is 5.78 Å². The van der Waals surface area contributed by atoms with Crippen molar-refractivity contribution in [1.29, 1.82) is 0 Å². The van der Waals surface area contributed by atoms with Gasteiger partial charge in [0.25, 0.3) is 0 Å². The molecule has 1 fully saturated rings. The van der Waals surface area contributed by atoms with Crippen LogP contribution in [0.2, 0.25) is 0 Å². The van der Waals surface area contributed by atoms with Crippen molar-refractivity contribution in [2.75, 3.05) is 13.1 Å². The van der Waals surface area contributed by atoms with Gasteiger partial charge in [0.2, 0.25) is 0 Å². The normalized spacial score (nSPS) is 21.9. The van der Waals surface area contributed by atoms with Crippen molar-refractivity contribution in [3.8, 4) is 0 Å². The smallest absolute Gasteiger partial charge is 0.177 e. The SMILES string of the molecule is CC(=O)c1ccnn1C1CCN(C(C)C)C1. The van der Waals surface area contributed by atoms with E-state index in [1.165, 1.54) is 0 Å². The van der Waals surface area contributed by atoms with E-state index in [0.717, 1.165) is 25.2 Å². The highest BCUT2D eigenvalue weighted by molar-refractivity contribution is 5.92. The molecule has 88 valence electrons. The minimum atomic E-state index is 0.0977. The Bertz CT molecular complexity index is 383. The predicted molar refractivity (Wildman–Crippen MR) is 62.6 cm³/mol. The van der Waals surface area contributed by atoms with Gasteiger partial charge in [0.1, 0.15) is 5.69 Å². The second-order valence-electron chi connectivity index (χ2n) is 4.75. The van der Waals surface area contributed by atoms with Gasteiger partial charge < -0.3 is 0 Å². The molecule has 2 heterocycles. The molecule has 2 rings (SSSR count). The number of Topliss-reactive ketones (excluding diaryl/α,β-unsaturated/α-hetero) is 1. The molecule has 1 aromatic heterocycles. The first kappa shape index (κ1) is 11.3. The number of likely N-dealkylation sites (tertiary alicyclic amines) is 1. The molecular formula is C12H19N3O. The number of carbonyl (C=O) groups is 1. The third-order valence-corrected chi connectivity index (χ3v) is 3.30. The van der Waals surface area contributed by atoms with E-state index < -0.39 is 0 Å². The molecule has 4 heteroatoms. The van der Waals surface area contributed by atoms with Gasteiger partial charge in [-0.05, 0) is 26.3 Å². The minimum absolute atomic E-state index is 0.0977. The van der Waals surface area contributed by atoms with Crippen molar-refractivity contribution in [3.63, 3.8) is 0 Å². The fourth-order valence-electron chi connectivity index (χ4n) is 2.32. The van der Waals surface area contributed by atoms with Crippen molar-refractivity contribution in [3.05, 3.63) is 18.0 Å². The Kier molecular flexibility index (Phi) is 3.10. The molecular weight excluding hydrogens is 202 g/mol. The van der Waals surface area contributed by atoms with E-state index in [9.17, 15) is 4.79 Å². The van der Waals surface area contributed by atoms with E-state index >= 15 is 0 Å². The number of hydrogen-bond acceptors (Lipinski definition) is 3. The van der Waals surface area contributed by atoms with Crippen LogP contribution in [-0.2, 0) is 0 Å². The molecule has 0 spiro atoms. The van der Waals surface area contributed by atoms with Gasteiger partial charge in [0.15, 0.2) is 5.78 Å². The van der Waals surface area contributed by atoms with Crippen molar-refractivity contribution in [2.45, 2.75) is 39.3 Å². The molecule has 0 radical (unpaired) electrons. The molecule has 0 aliphatic carbocycles. The molecule has 0 saturated carbocycles. The third kappa shape index (κ3) is 2.02. The molecule has 0 amide bonds. The minimum Gasteiger partial charge on any atom is -0.299 e. The Hall–Kier alpha value is -1.16. The first-order chi connectivity index (χ1) is 7.59. The van der Waals surface area contributed by atoms with Gasteiger partial charge in [0.05, 0.1) is 6.04 Å².